The molecule has 5 atom stereocenters. The average Bonchev–Trinajstić information content (AvgIpc) is 3.01. The molecule has 1 aromatic rings. The second-order valence-electron chi connectivity index (χ2n) is 6.50. The van der Waals surface area contributed by atoms with Crippen LogP contribution in [0, 0.1) is 11.7 Å². The van der Waals surface area contributed by atoms with Crippen LogP contribution in [0.2, 0.25) is 0 Å². The topological polar surface area (TPSA) is 74.4 Å². The predicted molar refractivity (Wildman–Crippen MR) is 95.8 cm³/mol. The highest BCUT2D eigenvalue weighted by Gasteiger charge is 2.41. The third kappa shape index (κ3) is 4.30. The van der Waals surface area contributed by atoms with Gasteiger partial charge in [-0.05, 0) is 26.0 Å². The number of carbonyl (C=O) groups is 1. The number of piperidine rings is 1. The Balaban J connectivity index is 0.00000225. The molecule has 0 bridgehead atoms. The molecule has 2 fully saturated rings. The Morgan fingerprint density at radius 3 is 2.84 bits per heavy atom. The zero-order valence-corrected chi connectivity index (χ0v) is 15.2. The first kappa shape index (κ1) is 20.1. The van der Waals surface area contributed by atoms with E-state index in [0.717, 1.165) is 19.5 Å². The molecular weight excluding hydrogens is 347 g/mol. The zero-order chi connectivity index (χ0) is 17.1. The molecule has 0 aromatic heterocycles. The van der Waals surface area contributed by atoms with E-state index in [-0.39, 0.29) is 42.1 Å². The number of halogens is 2. The van der Waals surface area contributed by atoms with Gasteiger partial charge in [0.25, 0.3) is 0 Å². The van der Waals surface area contributed by atoms with Crippen molar-refractivity contribution in [2.75, 3.05) is 20.2 Å². The maximum Gasteiger partial charge on any atom is 0.239 e. The molecule has 3 rings (SSSR count). The maximum atomic E-state index is 14.0. The van der Waals surface area contributed by atoms with Crippen LogP contribution in [-0.2, 0) is 9.53 Å². The molecule has 0 radical (unpaired) electrons. The van der Waals surface area contributed by atoms with Gasteiger partial charge < -0.3 is 15.4 Å². The molecule has 2 heterocycles. The Labute approximate surface area is 153 Å². The Hall–Kier alpha value is -1.25. The number of carbonyl (C=O) groups excluding carboxylic acids is 1. The van der Waals surface area contributed by atoms with Crippen molar-refractivity contribution in [1.82, 2.24) is 21.5 Å². The summed E-state index contributed by atoms with van der Waals surface area (Å²) in [5, 5.41) is 6.30. The minimum atomic E-state index is -0.537. The minimum absolute atomic E-state index is 0. The van der Waals surface area contributed by atoms with Crippen molar-refractivity contribution in [3.63, 3.8) is 0 Å². The van der Waals surface area contributed by atoms with Gasteiger partial charge in [0.05, 0.1) is 6.04 Å². The van der Waals surface area contributed by atoms with Crippen molar-refractivity contribution in [3.05, 3.63) is 35.6 Å². The van der Waals surface area contributed by atoms with E-state index in [1.807, 2.05) is 6.92 Å². The molecule has 2 aliphatic rings. The number of methoxy groups -OCH3 is 1. The first-order valence-corrected chi connectivity index (χ1v) is 8.41. The molecule has 25 heavy (non-hydrogen) atoms. The molecule has 0 saturated carbocycles. The van der Waals surface area contributed by atoms with Crippen LogP contribution >= 0.6 is 12.4 Å². The highest BCUT2D eigenvalue weighted by atomic mass is 35.5. The van der Waals surface area contributed by atoms with E-state index in [2.05, 4.69) is 21.5 Å². The normalized spacial score (nSPS) is 27.7. The van der Waals surface area contributed by atoms with Crippen LogP contribution in [0.25, 0.3) is 0 Å². The average molecular weight is 373 g/mol. The van der Waals surface area contributed by atoms with E-state index in [9.17, 15) is 9.18 Å². The van der Waals surface area contributed by atoms with E-state index < -0.39 is 6.10 Å². The Morgan fingerprint density at radius 1 is 1.36 bits per heavy atom. The Kier molecular flexibility index (Phi) is 7.15. The van der Waals surface area contributed by atoms with Crippen molar-refractivity contribution in [2.45, 2.75) is 37.6 Å². The van der Waals surface area contributed by atoms with Crippen molar-refractivity contribution in [3.8, 4) is 0 Å². The Bertz CT molecular complexity index is 592. The van der Waals surface area contributed by atoms with Gasteiger partial charge in [0.1, 0.15) is 18.0 Å². The van der Waals surface area contributed by atoms with Crippen LogP contribution in [0.1, 0.15) is 25.0 Å². The first-order chi connectivity index (χ1) is 11.6. The summed E-state index contributed by atoms with van der Waals surface area (Å²) < 4.78 is 19.5. The van der Waals surface area contributed by atoms with E-state index >= 15 is 0 Å². The lowest BCUT2D eigenvalue weighted by atomic mass is 9.89. The lowest BCUT2D eigenvalue weighted by molar-refractivity contribution is -0.125. The van der Waals surface area contributed by atoms with E-state index in [4.69, 9.17) is 4.74 Å². The van der Waals surface area contributed by atoms with Crippen LogP contribution in [0.15, 0.2) is 24.3 Å². The third-order valence-electron chi connectivity index (χ3n) is 4.95. The van der Waals surface area contributed by atoms with Crippen LogP contribution < -0.4 is 21.5 Å². The summed E-state index contributed by atoms with van der Waals surface area (Å²) in [5.74, 6) is -0.215. The predicted octanol–water partition coefficient (Wildman–Crippen LogP) is 0.894. The molecule has 5 unspecified atom stereocenters. The standard InChI is InChI=1S/C17H25FN4O2.ClH/c1-10(16(24-2)11-5-3-4-6-13(11)18)20-17(23)15-12-9-19-8-7-14(12)21-22-15;/h3-6,10,12,14-16,19,21-22H,7-9H2,1-2H3,(H,20,23);1H. The number of nitrogens with one attached hydrogen (secondary N) is 4. The number of hydrogen-bond donors (Lipinski definition) is 4. The van der Waals surface area contributed by atoms with Gasteiger partial charge in [-0.1, -0.05) is 18.2 Å². The zero-order valence-electron chi connectivity index (χ0n) is 14.4. The fraction of sp³-hybridized carbons (Fsp3) is 0.588. The summed E-state index contributed by atoms with van der Waals surface area (Å²) in [6.07, 6.45) is 0.456. The van der Waals surface area contributed by atoms with Crippen LogP contribution in [0.5, 0.6) is 0 Å². The summed E-state index contributed by atoms with van der Waals surface area (Å²) in [6, 6.07) is 6.14. The molecule has 6 nitrogen and oxygen atoms in total. The number of ether oxygens (including phenoxy) is 1. The smallest absolute Gasteiger partial charge is 0.239 e. The fourth-order valence-electron chi connectivity index (χ4n) is 3.67. The Morgan fingerprint density at radius 2 is 2.12 bits per heavy atom. The third-order valence-corrected chi connectivity index (χ3v) is 4.95. The van der Waals surface area contributed by atoms with Crippen molar-refractivity contribution < 1.29 is 13.9 Å². The maximum absolute atomic E-state index is 14.0. The molecule has 1 amide bonds. The summed E-state index contributed by atoms with van der Waals surface area (Å²) in [5.41, 5.74) is 6.75. The largest absolute Gasteiger partial charge is 0.375 e. The highest BCUT2D eigenvalue weighted by molar-refractivity contribution is 5.85. The van der Waals surface area contributed by atoms with Crippen molar-refractivity contribution >= 4 is 18.3 Å². The number of rotatable bonds is 5. The van der Waals surface area contributed by atoms with Gasteiger partial charge in [-0.3, -0.25) is 10.2 Å². The van der Waals surface area contributed by atoms with Gasteiger partial charge in [-0.2, -0.15) is 0 Å². The van der Waals surface area contributed by atoms with Gasteiger partial charge in [-0.25, -0.2) is 9.82 Å². The van der Waals surface area contributed by atoms with E-state index in [1.54, 1.807) is 18.2 Å². The second kappa shape index (κ2) is 8.91. The van der Waals surface area contributed by atoms with Gasteiger partial charge in [0.2, 0.25) is 5.91 Å². The van der Waals surface area contributed by atoms with Gasteiger partial charge in [-0.15, -0.1) is 12.4 Å². The first-order valence-electron chi connectivity index (χ1n) is 8.41. The molecule has 2 aliphatic heterocycles. The van der Waals surface area contributed by atoms with Gasteiger partial charge >= 0.3 is 0 Å². The lowest BCUT2D eigenvalue weighted by Crippen LogP contribution is -2.52. The molecule has 140 valence electrons. The summed E-state index contributed by atoms with van der Waals surface area (Å²) in [4.78, 5) is 12.7. The van der Waals surface area contributed by atoms with Gasteiger partial charge in [0.15, 0.2) is 0 Å². The minimum Gasteiger partial charge on any atom is -0.375 e. The molecular formula is C17H26ClFN4O2. The summed E-state index contributed by atoms with van der Waals surface area (Å²) in [6.45, 7) is 3.59. The number of amides is 1. The number of hydrogen-bond acceptors (Lipinski definition) is 5. The molecule has 4 N–H and O–H groups in total. The monoisotopic (exact) mass is 372 g/mol. The quantitative estimate of drug-likeness (QED) is 0.618. The second-order valence-corrected chi connectivity index (χ2v) is 6.50. The molecule has 2 saturated heterocycles. The summed E-state index contributed by atoms with van der Waals surface area (Å²) in [7, 11) is 1.52. The number of hydrazine groups is 1. The number of fused-ring (bicyclic) bond motifs is 1. The van der Waals surface area contributed by atoms with Crippen LogP contribution in [-0.4, -0.2) is 44.2 Å². The van der Waals surface area contributed by atoms with Gasteiger partial charge in [0, 0.05) is 31.2 Å². The SMILES string of the molecule is COC(c1ccccc1F)C(C)NC(=O)C1NNC2CCNCC21.Cl. The van der Waals surface area contributed by atoms with Crippen LogP contribution in [0.4, 0.5) is 4.39 Å². The van der Waals surface area contributed by atoms with Crippen LogP contribution in [0.3, 0.4) is 0 Å². The van der Waals surface area contributed by atoms with E-state index in [0.29, 0.717) is 11.6 Å². The lowest BCUT2D eigenvalue weighted by Gasteiger charge is -2.29. The molecule has 8 heteroatoms. The highest BCUT2D eigenvalue weighted by Crippen LogP contribution is 2.24. The molecule has 0 aliphatic carbocycles. The van der Waals surface area contributed by atoms with Crippen molar-refractivity contribution in [1.29, 1.82) is 0 Å². The fourth-order valence-corrected chi connectivity index (χ4v) is 3.67. The molecule has 1 aromatic carbocycles. The molecule has 0 spiro atoms. The number of benzene rings is 1. The van der Waals surface area contributed by atoms with Crippen molar-refractivity contribution in [2.24, 2.45) is 5.92 Å². The van der Waals surface area contributed by atoms with E-state index in [1.165, 1.54) is 13.2 Å². The summed E-state index contributed by atoms with van der Waals surface area (Å²) >= 11 is 0.